The van der Waals surface area contributed by atoms with E-state index in [2.05, 4.69) is 0 Å². The Labute approximate surface area is 121 Å². The van der Waals surface area contributed by atoms with Crippen molar-refractivity contribution in [2.24, 2.45) is 0 Å². The SMILES string of the molecule is COc1ccc(O)c(Cc2coc3ccccc3c2=O)c1. The van der Waals surface area contributed by atoms with Gasteiger partial charge in [-0.3, -0.25) is 4.79 Å². The lowest BCUT2D eigenvalue weighted by Gasteiger charge is -2.07. The molecule has 0 radical (unpaired) electrons. The van der Waals surface area contributed by atoms with E-state index in [4.69, 9.17) is 9.15 Å². The summed E-state index contributed by atoms with van der Waals surface area (Å²) >= 11 is 0. The number of phenols is 1. The van der Waals surface area contributed by atoms with E-state index in [0.29, 0.717) is 27.8 Å². The van der Waals surface area contributed by atoms with Gasteiger partial charge in [-0.05, 0) is 30.3 Å². The lowest BCUT2D eigenvalue weighted by Crippen LogP contribution is -2.09. The maximum absolute atomic E-state index is 12.4. The lowest BCUT2D eigenvalue weighted by molar-refractivity contribution is 0.411. The van der Waals surface area contributed by atoms with Crippen molar-refractivity contribution in [3.63, 3.8) is 0 Å². The van der Waals surface area contributed by atoms with E-state index in [1.807, 2.05) is 6.07 Å². The topological polar surface area (TPSA) is 59.7 Å². The van der Waals surface area contributed by atoms with E-state index < -0.39 is 0 Å². The highest BCUT2D eigenvalue weighted by Crippen LogP contribution is 2.25. The van der Waals surface area contributed by atoms with Crippen LogP contribution >= 0.6 is 0 Å². The Balaban J connectivity index is 2.06. The minimum absolute atomic E-state index is 0.0842. The molecule has 3 aromatic rings. The molecule has 106 valence electrons. The van der Waals surface area contributed by atoms with Crippen LogP contribution in [0, 0.1) is 0 Å². The van der Waals surface area contributed by atoms with Crippen molar-refractivity contribution in [2.75, 3.05) is 7.11 Å². The second-order valence-electron chi connectivity index (χ2n) is 4.76. The number of hydrogen-bond donors (Lipinski definition) is 1. The molecule has 0 aliphatic heterocycles. The van der Waals surface area contributed by atoms with Crippen LogP contribution in [0.4, 0.5) is 0 Å². The monoisotopic (exact) mass is 282 g/mol. The van der Waals surface area contributed by atoms with Gasteiger partial charge in [-0.2, -0.15) is 0 Å². The van der Waals surface area contributed by atoms with Crippen molar-refractivity contribution in [1.29, 1.82) is 0 Å². The largest absolute Gasteiger partial charge is 0.508 e. The summed E-state index contributed by atoms with van der Waals surface area (Å²) in [5, 5.41) is 10.4. The van der Waals surface area contributed by atoms with Crippen LogP contribution in [-0.4, -0.2) is 12.2 Å². The number of para-hydroxylation sites is 1. The van der Waals surface area contributed by atoms with Crippen LogP contribution in [0.5, 0.6) is 11.5 Å². The summed E-state index contributed by atoms with van der Waals surface area (Å²) in [5.74, 6) is 0.760. The fourth-order valence-electron chi connectivity index (χ4n) is 2.28. The minimum Gasteiger partial charge on any atom is -0.508 e. The third-order valence-corrected chi connectivity index (χ3v) is 3.42. The van der Waals surface area contributed by atoms with Crippen LogP contribution in [-0.2, 0) is 6.42 Å². The highest BCUT2D eigenvalue weighted by molar-refractivity contribution is 5.76. The van der Waals surface area contributed by atoms with Gasteiger partial charge in [0.25, 0.3) is 0 Å². The van der Waals surface area contributed by atoms with E-state index >= 15 is 0 Å². The predicted octanol–water partition coefficient (Wildman–Crippen LogP) is 3.10. The molecule has 1 aromatic heterocycles. The zero-order chi connectivity index (χ0) is 14.8. The van der Waals surface area contributed by atoms with Gasteiger partial charge in [-0.1, -0.05) is 12.1 Å². The summed E-state index contributed by atoms with van der Waals surface area (Å²) in [7, 11) is 1.56. The van der Waals surface area contributed by atoms with E-state index in [9.17, 15) is 9.90 Å². The van der Waals surface area contributed by atoms with Gasteiger partial charge in [0, 0.05) is 17.5 Å². The van der Waals surface area contributed by atoms with Gasteiger partial charge < -0.3 is 14.3 Å². The number of hydrogen-bond acceptors (Lipinski definition) is 4. The fourth-order valence-corrected chi connectivity index (χ4v) is 2.28. The molecule has 0 saturated carbocycles. The lowest BCUT2D eigenvalue weighted by atomic mass is 10.0. The van der Waals surface area contributed by atoms with Crippen molar-refractivity contribution in [3.05, 3.63) is 70.1 Å². The number of aromatic hydroxyl groups is 1. The Morgan fingerprint density at radius 1 is 1.14 bits per heavy atom. The van der Waals surface area contributed by atoms with Crippen molar-refractivity contribution >= 4 is 11.0 Å². The van der Waals surface area contributed by atoms with Crippen LogP contribution in [0.1, 0.15) is 11.1 Å². The fraction of sp³-hybridized carbons (Fsp3) is 0.118. The molecule has 4 nitrogen and oxygen atoms in total. The Morgan fingerprint density at radius 3 is 2.76 bits per heavy atom. The summed E-state index contributed by atoms with van der Waals surface area (Å²) in [6.07, 6.45) is 1.74. The molecule has 0 amide bonds. The molecule has 0 atom stereocenters. The molecule has 0 aliphatic rings. The molecule has 0 spiro atoms. The zero-order valence-corrected chi connectivity index (χ0v) is 11.5. The van der Waals surface area contributed by atoms with Crippen molar-refractivity contribution in [2.45, 2.75) is 6.42 Å². The molecule has 0 fully saturated rings. The van der Waals surface area contributed by atoms with E-state index in [0.717, 1.165) is 0 Å². The smallest absolute Gasteiger partial charge is 0.196 e. The molecule has 0 saturated heterocycles. The van der Waals surface area contributed by atoms with Gasteiger partial charge in [0.15, 0.2) is 5.43 Å². The minimum atomic E-state index is -0.0842. The maximum Gasteiger partial charge on any atom is 0.196 e. The Morgan fingerprint density at radius 2 is 1.95 bits per heavy atom. The van der Waals surface area contributed by atoms with E-state index in [1.54, 1.807) is 43.5 Å². The molecule has 0 bridgehead atoms. The number of ether oxygens (including phenoxy) is 1. The number of methoxy groups -OCH3 is 1. The highest BCUT2D eigenvalue weighted by Gasteiger charge is 2.10. The standard InChI is InChI=1S/C17H14O4/c1-20-13-6-7-15(18)11(9-13)8-12-10-21-16-5-3-2-4-14(16)17(12)19/h2-7,9-10,18H,8H2,1H3. The molecule has 1 N–H and O–H groups in total. The Kier molecular flexibility index (Phi) is 3.36. The average molecular weight is 282 g/mol. The third kappa shape index (κ3) is 2.48. The van der Waals surface area contributed by atoms with Gasteiger partial charge in [0.05, 0.1) is 18.8 Å². The van der Waals surface area contributed by atoms with Gasteiger partial charge in [0.1, 0.15) is 17.1 Å². The first-order chi connectivity index (χ1) is 10.2. The van der Waals surface area contributed by atoms with Gasteiger partial charge >= 0.3 is 0 Å². The second kappa shape index (κ2) is 5.32. The van der Waals surface area contributed by atoms with Crippen LogP contribution in [0.25, 0.3) is 11.0 Å². The van der Waals surface area contributed by atoms with Crippen LogP contribution < -0.4 is 10.2 Å². The third-order valence-electron chi connectivity index (χ3n) is 3.42. The molecular formula is C17H14O4. The molecular weight excluding hydrogens is 268 g/mol. The summed E-state index contributed by atoms with van der Waals surface area (Å²) in [6, 6.07) is 12.0. The zero-order valence-electron chi connectivity index (χ0n) is 11.5. The van der Waals surface area contributed by atoms with Crippen molar-refractivity contribution in [1.82, 2.24) is 0 Å². The summed E-state index contributed by atoms with van der Waals surface area (Å²) < 4.78 is 10.6. The van der Waals surface area contributed by atoms with Gasteiger partial charge in [-0.15, -0.1) is 0 Å². The number of phenolic OH excluding ortho intramolecular Hbond substituents is 1. The van der Waals surface area contributed by atoms with Crippen LogP contribution in [0.15, 0.2) is 57.9 Å². The Bertz CT molecular complexity index is 849. The molecule has 1 heterocycles. The first kappa shape index (κ1) is 13.2. The van der Waals surface area contributed by atoms with Gasteiger partial charge in [-0.25, -0.2) is 0 Å². The van der Waals surface area contributed by atoms with Gasteiger partial charge in [0.2, 0.25) is 0 Å². The molecule has 0 aliphatic carbocycles. The summed E-state index contributed by atoms with van der Waals surface area (Å²) in [5.41, 5.74) is 1.59. The molecule has 2 aromatic carbocycles. The number of rotatable bonds is 3. The average Bonchev–Trinajstić information content (AvgIpc) is 2.52. The molecule has 3 rings (SSSR count). The quantitative estimate of drug-likeness (QED) is 0.802. The molecule has 0 unspecified atom stereocenters. The highest BCUT2D eigenvalue weighted by atomic mass is 16.5. The van der Waals surface area contributed by atoms with Crippen LogP contribution in [0.3, 0.4) is 0 Å². The van der Waals surface area contributed by atoms with Crippen molar-refractivity contribution < 1.29 is 14.3 Å². The molecule has 4 heteroatoms. The number of benzene rings is 2. The summed E-state index contributed by atoms with van der Waals surface area (Å²) in [4.78, 5) is 12.4. The van der Waals surface area contributed by atoms with E-state index in [-0.39, 0.29) is 17.6 Å². The van der Waals surface area contributed by atoms with E-state index in [1.165, 1.54) is 6.26 Å². The van der Waals surface area contributed by atoms with Crippen molar-refractivity contribution in [3.8, 4) is 11.5 Å². The normalized spacial score (nSPS) is 10.7. The Hall–Kier alpha value is -2.75. The number of fused-ring (bicyclic) bond motifs is 1. The first-order valence-electron chi connectivity index (χ1n) is 6.54. The maximum atomic E-state index is 12.4. The molecule has 21 heavy (non-hydrogen) atoms. The predicted molar refractivity (Wildman–Crippen MR) is 79.9 cm³/mol. The first-order valence-corrected chi connectivity index (χ1v) is 6.54. The van der Waals surface area contributed by atoms with Crippen LogP contribution in [0.2, 0.25) is 0 Å². The second-order valence-corrected chi connectivity index (χ2v) is 4.76. The summed E-state index contributed by atoms with van der Waals surface area (Å²) in [6.45, 7) is 0.